The molecule has 1 heterocycles. The van der Waals surface area contributed by atoms with E-state index in [0.29, 0.717) is 11.3 Å². The van der Waals surface area contributed by atoms with Crippen LogP contribution in [0.3, 0.4) is 0 Å². The van der Waals surface area contributed by atoms with Gasteiger partial charge in [-0.05, 0) is 24.3 Å². The maximum Gasteiger partial charge on any atom is 0.242 e. The number of nitrogens with two attached hydrogens (primary N) is 1. The first-order valence-corrected chi connectivity index (χ1v) is 7.78. The van der Waals surface area contributed by atoms with Gasteiger partial charge in [0, 0.05) is 5.56 Å². The predicted octanol–water partition coefficient (Wildman–Crippen LogP) is 2.05. The predicted molar refractivity (Wildman–Crippen MR) is 80.1 cm³/mol. The molecule has 2 aromatic rings. The third kappa shape index (κ3) is 3.37. The Balaban J connectivity index is 2.23. The quantitative estimate of drug-likeness (QED) is 0.819. The molecule has 0 fully saturated rings. The van der Waals surface area contributed by atoms with Crippen molar-refractivity contribution in [3.8, 4) is 0 Å². The molecule has 0 spiro atoms. The van der Waals surface area contributed by atoms with Gasteiger partial charge in [-0.3, -0.25) is 0 Å². The molecule has 0 saturated carbocycles. The molecule has 8 heteroatoms. The van der Waals surface area contributed by atoms with Crippen LogP contribution < -0.4 is 10.5 Å². The first-order valence-electron chi connectivity index (χ1n) is 5.51. The lowest BCUT2D eigenvalue weighted by molar-refractivity contribution is 0.498. The van der Waals surface area contributed by atoms with Crippen LogP contribution in [0.25, 0.3) is 0 Å². The molecule has 5 nitrogen and oxygen atoms in total. The highest BCUT2D eigenvalue weighted by Gasteiger charge is 2.18. The van der Waals surface area contributed by atoms with Crippen LogP contribution in [-0.2, 0) is 16.6 Å². The molecule has 0 atom stereocenters. The summed E-state index contributed by atoms with van der Waals surface area (Å²) in [7, 11) is -3.74. The number of thiocarbonyl (C=S) groups is 1. The SMILES string of the molecule is NC(=S)c1ccc(S(=O)(=O)NCc2ccco2)c(Cl)c1. The van der Waals surface area contributed by atoms with Gasteiger partial charge in [-0.1, -0.05) is 29.9 Å². The fourth-order valence-corrected chi connectivity index (χ4v) is 3.19. The molecule has 1 aromatic carbocycles. The monoisotopic (exact) mass is 330 g/mol. The summed E-state index contributed by atoms with van der Waals surface area (Å²) in [6.07, 6.45) is 1.47. The fraction of sp³-hybridized carbons (Fsp3) is 0.0833. The Bertz CT molecular complexity index is 727. The molecule has 0 bridgehead atoms. The van der Waals surface area contributed by atoms with Gasteiger partial charge in [-0.2, -0.15) is 0 Å². The molecule has 0 amide bonds. The number of sulfonamides is 1. The lowest BCUT2D eigenvalue weighted by atomic mass is 10.2. The van der Waals surface area contributed by atoms with Crippen molar-refractivity contribution >= 4 is 38.8 Å². The zero-order valence-electron chi connectivity index (χ0n) is 10.2. The minimum absolute atomic E-state index is 0.0364. The van der Waals surface area contributed by atoms with Crippen LogP contribution in [0.2, 0.25) is 5.02 Å². The second-order valence-corrected chi connectivity index (χ2v) is 6.50. The van der Waals surface area contributed by atoms with Crippen molar-refractivity contribution in [2.75, 3.05) is 0 Å². The van der Waals surface area contributed by atoms with Gasteiger partial charge in [0.2, 0.25) is 10.0 Å². The Hall–Kier alpha value is -1.41. The van der Waals surface area contributed by atoms with E-state index in [0.717, 1.165) is 0 Å². The Labute approximate surface area is 126 Å². The maximum absolute atomic E-state index is 12.1. The van der Waals surface area contributed by atoms with Gasteiger partial charge in [-0.25, -0.2) is 13.1 Å². The molecular formula is C12H11ClN2O3S2. The van der Waals surface area contributed by atoms with E-state index in [-0.39, 0.29) is 21.5 Å². The summed E-state index contributed by atoms with van der Waals surface area (Å²) in [6.45, 7) is 0.0444. The molecule has 0 unspecified atom stereocenters. The van der Waals surface area contributed by atoms with Gasteiger partial charge >= 0.3 is 0 Å². The van der Waals surface area contributed by atoms with Crippen LogP contribution in [-0.4, -0.2) is 13.4 Å². The van der Waals surface area contributed by atoms with Gasteiger partial charge < -0.3 is 10.2 Å². The van der Waals surface area contributed by atoms with Crippen LogP contribution in [0, 0.1) is 0 Å². The third-order valence-electron chi connectivity index (χ3n) is 2.52. The van der Waals surface area contributed by atoms with Crippen molar-refractivity contribution in [3.05, 3.63) is 52.9 Å². The number of nitrogens with one attached hydrogen (secondary N) is 1. The van der Waals surface area contributed by atoms with Crippen molar-refractivity contribution in [3.63, 3.8) is 0 Å². The highest BCUT2D eigenvalue weighted by Crippen LogP contribution is 2.22. The number of hydrogen-bond acceptors (Lipinski definition) is 4. The van der Waals surface area contributed by atoms with Crippen molar-refractivity contribution in [2.45, 2.75) is 11.4 Å². The number of hydrogen-bond donors (Lipinski definition) is 2. The van der Waals surface area contributed by atoms with Gasteiger partial charge in [0.1, 0.15) is 15.6 Å². The van der Waals surface area contributed by atoms with Crippen LogP contribution in [0.15, 0.2) is 45.9 Å². The summed E-state index contributed by atoms with van der Waals surface area (Å²) in [5.74, 6) is 0.504. The van der Waals surface area contributed by atoms with Crippen LogP contribution in [0.5, 0.6) is 0 Å². The lowest BCUT2D eigenvalue weighted by Crippen LogP contribution is -2.23. The molecule has 1 aromatic heterocycles. The zero-order valence-corrected chi connectivity index (χ0v) is 12.6. The Morgan fingerprint density at radius 3 is 2.70 bits per heavy atom. The topological polar surface area (TPSA) is 85.3 Å². The summed E-state index contributed by atoms with van der Waals surface area (Å²) in [4.78, 5) is 0.116. The smallest absolute Gasteiger partial charge is 0.242 e. The van der Waals surface area contributed by atoms with Crippen LogP contribution in [0.4, 0.5) is 0 Å². The van der Waals surface area contributed by atoms with Crippen LogP contribution in [0.1, 0.15) is 11.3 Å². The average molecular weight is 331 g/mol. The van der Waals surface area contributed by atoms with Crippen molar-refractivity contribution in [1.82, 2.24) is 4.72 Å². The number of halogens is 1. The highest BCUT2D eigenvalue weighted by atomic mass is 35.5. The highest BCUT2D eigenvalue weighted by molar-refractivity contribution is 7.89. The summed E-state index contributed by atoms with van der Waals surface area (Å²) in [5.41, 5.74) is 5.97. The van der Waals surface area contributed by atoms with Crippen LogP contribution >= 0.6 is 23.8 Å². The average Bonchev–Trinajstić information content (AvgIpc) is 2.89. The Kier molecular flexibility index (Phi) is 4.44. The van der Waals surface area contributed by atoms with Gasteiger partial charge in [0.25, 0.3) is 0 Å². The Morgan fingerprint density at radius 1 is 1.40 bits per heavy atom. The van der Waals surface area contributed by atoms with Gasteiger partial charge in [0.15, 0.2) is 0 Å². The normalized spacial score (nSPS) is 11.4. The molecular weight excluding hydrogens is 320 g/mol. The molecule has 3 N–H and O–H groups in total. The van der Waals surface area contributed by atoms with Crippen molar-refractivity contribution < 1.29 is 12.8 Å². The van der Waals surface area contributed by atoms with E-state index >= 15 is 0 Å². The van der Waals surface area contributed by atoms with Crippen molar-refractivity contribution in [1.29, 1.82) is 0 Å². The molecule has 0 aliphatic carbocycles. The lowest BCUT2D eigenvalue weighted by Gasteiger charge is -2.08. The third-order valence-corrected chi connectivity index (χ3v) is 4.64. The van der Waals surface area contributed by atoms with E-state index in [1.807, 2.05) is 0 Å². The molecule has 0 aliphatic heterocycles. The van der Waals surface area contributed by atoms with E-state index in [4.69, 9.17) is 34.0 Å². The van der Waals surface area contributed by atoms with E-state index in [2.05, 4.69) is 4.72 Å². The summed E-state index contributed by atoms with van der Waals surface area (Å²) in [6, 6.07) is 7.63. The minimum atomic E-state index is -3.74. The van der Waals surface area contributed by atoms with E-state index in [9.17, 15) is 8.42 Å². The fourth-order valence-electron chi connectivity index (χ4n) is 1.53. The maximum atomic E-state index is 12.1. The Morgan fingerprint density at radius 2 is 2.15 bits per heavy atom. The molecule has 0 aliphatic rings. The first-order chi connectivity index (χ1) is 9.40. The summed E-state index contributed by atoms with van der Waals surface area (Å²) >= 11 is 10.8. The molecule has 2 rings (SSSR count). The first kappa shape index (κ1) is 15.0. The van der Waals surface area contributed by atoms with Crippen molar-refractivity contribution in [2.24, 2.45) is 5.73 Å². The molecule has 0 radical (unpaired) electrons. The van der Waals surface area contributed by atoms with Gasteiger partial charge in [0.05, 0.1) is 17.8 Å². The molecule has 20 heavy (non-hydrogen) atoms. The minimum Gasteiger partial charge on any atom is -0.468 e. The molecule has 0 saturated heterocycles. The standard InChI is InChI=1S/C12H11ClN2O3S2/c13-10-6-8(12(14)19)3-4-11(10)20(16,17)15-7-9-2-1-5-18-9/h1-6,15H,7H2,(H2,14,19). The van der Waals surface area contributed by atoms with E-state index < -0.39 is 10.0 Å². The van der Waals surface area contributed by atoms with E-state index in [1.165, 1.54) is 24.5 Å². The number of furan rings is 1. The summed E-state index contributed by atoms with van der Waals surface area (Å²) in [5, 5.41) is 0.0576. The number of benzene rings is 1. The zero-order chi connectivity index (χ0) is 14.8. The van der Waals surface area contributed by atoms with E-state index in [1.54, 1.807) is 12.1 Å². The second kappa shape index (κ2) is 5.92. The largest absolute Gasteiger partial charge is 0.468 e. The summed E-state index contributed by atoms with van der Waals surface area (Å²) < 4.78 is 31.7. The van der Waals surface area contributed by atoms with Gasteiger partial charge in [-0.15, -0.1) is 0 Å². The second-order valence-electron chi connectivity index (χ2n) is 3.91. The number of rotatable bonds is 5. The molecule has 106 valence electrons.